The summed E-state index contributed by atoms with van der Waals surface area (Å²) in [6.07, 6.45) is 5.09. The average molecular weight is 326 g/mol. The number of piperidine rings is 1. The van der Waals surface area contributed by atoms with Crippen LogP contribution in [-0.2, 0) is 0 Å². The van der Waals surface area contributed by atoms with Crippen molar-refractivity contribution in [2.45, 2.75) is 32.2 Å². The largest absolute Gasteiger partial charge is 0.330 e. The number of thiophene rings is 1. The maximum Gasteiger partial charge on any atom is 0.255 e. The van der Waals surface area contributed by atoms with E-state index in [1.165, 1.54) is 0 Å². The van der Waals surface area contributed by atoms with Crippen LogP contribution in [0, 0.1) is 6.92 Å². The summed E-state index contributed by atoms with van der Waals surface area (Å²) in [6, 6.07) is 5.91. The molecule has 23 heavy (non-hydrogen) atoms. The van der Waals surface area contributed by atoms with E-state index in [9.17, 15) is 4.79 Å². The SMILES string of the molecule is Cc1cc2nc(C3CCCCN3C(=O)c3ccsc3)ccn2n1. The molecule has 3 aromatic rings. The van der Waals surface area contributed by atoms with Crippen molar-refractivity contribution < 1.29 is 4.79 Å². The molecular formula is C17H18N4OS. The van der Waals surface area contributed by atoms with Crippen LogP contribution in [0.4, 0.5) is 0 Å². The first-order valence-electron chi connectivity index (χ1n) is 7.88. The second kappa shape index (κ2) is 5.77. The van der Waals surface area contributed by atoms with Crippen molar-refractivity contribution in [1.29, 1.82) is 0 Å². The van der Waals surface area contributed by atoms with E-state index in [4.69, 9.17) is 4.98 Å². The second-order valence-electron chi connectivity index (χ2n) is 5.96. The summed E-state index contributed by atoms with van der Waals surface area (Å²) >= 11 is 1.56. The molecule has 4 heterocycles. The van der Waals surface area contributed by atoms with E-state index >= 15 is 0 Å². The van der Waals surface area contributed by atoms with Gasteiger partial charge in [-0.2, -0.15) is 16.4 Å². The number of carbonyl (C=O) groups excluding carboxylic acids is 1. The summed E-state index contributed by atoms with van der Waals surface area (Å²) < 4.78 is 1.78. The van der Waals surface area contributed by atoms with Gasteiger partial charge in [0.15, 0.2) is 5.65 Å². The number of nitrogens with zero attached hydrogens (tertiary/aromatic N) is 4. The van der Waals surface area contributed by atoms with Gasteiger partial charge < -0.3 is 4.90 Å². The van der Waals surface area contributed by atoms with Crippen LogP contribution in [0.15, 0.2) is 35.2 Å². The minimum atomic E-state index is 0.0522. The number of likely N-dealkylation sites (tertiary alicyclic amines) is 1. The molecule has 6 heteroatoms. The Morgan fingerprint density at radius 3 is 3.09 bits per heavy atom. The van der Waals surface area contributed by atoms with Crippen molar-refractivity contribution in [3.63, 3.8) is 0 Å². The molecule has 0 N–H and O–H groups in total. The molecule has 118 valence electrons. The summed E-state index contributed by atoms with van der Waals surface area (Å²) in [5, 5.41) is 8.24. The average Bonchev–Trinajstić information content (AvgIpc) is 3.22. The van der Waals surface area contributed by atoms with Gasteiger partial charge in [0, 0.05) is 24.2 Å². The minimum absolute atomic E-state index is 0.0522. The number of carbonyl (C=O) groups is 1. The second-order valence-corrected chi connectivity index (χ2v) is 6.74. The lowest BCUT2D eigenvalue weighted by Crippen LogP contribution is -2.38. The third-order valence-electron chi connectivity index (χ3n) is 4.34. The van der Waals surface area contributed by atoms with Crippen molar-refractivity contribution in [1.82, 2.24) is 19.5 Å². The smallest absolute Gasteiger partial charge is 0.255 e. The van der Waals surface area contributed by atoms with Crippen LogP contribution in [0.25, 0.3) is 5.65 Å². The molecule has 0 spiro atoms. The lowest BCUT2D eigenvalue weighted by atomic mass is 9.98. The quantitative estimate of drug-likeness (QED) is 0.724. The molecule has 0 saturated carbocycles. The molecule has 1 amide bonds. The molecule has 4 rings (SSSR count). The fourth-order valence-electron chi connectivity index (χ4n) is 3.23. The van der Waals surface area contributed by atoms with Crippen LogP contribution in [0.5, 0.6) is 0 Å². The van der Waals surface area contributed by atoms with Crippen LogP contribution in [0.2, 0.25) is 0 Å². The van der Waals surface area contributed by atoms with Crippen LogP contribution >= 0.6 is 11.3 Å². The molecule has 1 aliphatic heterocycles. The van der Waals surface area contributed by atoms with Crippen LogP contribution in [0.1, 0.15) is 47.1 Å². The Morgan fingerprint density at radius 1 is 1.35 bits per heavy atom. The number of fused-ring (bicyclic) bond motifs is 1. The highest BCUT2D eigenvalue weighted by Crippen LogP contribution is 2.31. The first-order chi connectivity index (χ1) is 11.2. The van der Waals surface area contributed by atoms with Crippen LogP contribution in [-0.4, -0.2) is 31.9 Å². The molecule has 1 atom stereocenters. The van der Waals surface area contributed by atoms with Crippen molar-refractivity contribution in [3.8, 4) is 0 Å². The highest BCUT2D eigenvalue weighted by Gasteiger charge is 2.30. The molecule has 0 aliphatic carbocycles. The normalized spacial score (nSPS) is 18.5. The zero-order chi connectivity index (χ0) is 15.8. The standard InChI is InChI=1S/C17H18N4OS/c1-12-10-16-18-14(5-8-21(16)19-12)15-4-2-3-7-20(15)17(22)13-6-9-23-11-13/h5-6,8-11,15H,2-4,7H2,1H3. The van der Waals surface area contributed by atoms with Crippen molar-refractivity contribution in [2.24, 2.45) is 0 Å². The molecule has 0 radical (unpaired) electrons. The molecule has 0 aromatic carbocycles. The van der Waals surface area contributed by atoms with Gasteiger partial charge in [-0.25, -0.2) is 9.50 Å². The van der Waals surface area contributed by atoms with Crippen LogP contribution < -0.4 is 0 Å². The van der Waals surface area contributed by atoms with E-state index in [0.29, 0.717) is 0 Å². The summed E-state index contributed by atoms with van der Waals surface area (Å²) in [4.78, 5) is 19.5. The lowest BCUT2D eigenvalue weighted by molar-refractivity contribution is 0.0607. The van der Waals surface area contributed by atoms with Gasteiger partial charge >= 0.3 is 0 Å². The van der Waals surface area contributed by atoms with E-state index in [1.54, 1.807) is 15.9 Å². The Hall–Kier alpha value is -2.21. The molecule has 0 bridgehead atoms. The third-order valence-corrected chi connectivity index (χ3v) is 5.02. The van der Waals surface area contributed by atoms with Gasteiger partial charge in [0.2, 0.25) is 0 Å². The zero-order valence-electron chi connectivity index (χ0n) is 13.0. The van der Waals surface area contributed by atoms with E-state index in [2.05, 4.69) is 5.10 Å². The predicted molar refractivity (Wildman–Crippen MR) is 89.7 cm³/mol. The highest BCUT2D eigenvalue weighted by atomic mass is 32.1. The first-order valence-corrected chi connectivity index (χ1v) is 8.83. The zero-order valence-corrected chi connectivity index (χ0v) is 13.8. The summed E-state index contributed by atoms with van der Waals surface area (Å²) in [7, 11) is 0. The van der Waals surface area contributed by atoms with Crippen molar-refractivity contribution in [3.05, 3.63) is 52.1 Å². The first kappa shape index (κ1) is 14.4. The fourth-order valence-corrected chi connectivity index (χ4v) is 3.86. The minimum Gasteiger partial charge on any atom is -0.330 e. The number of rotatable bonds is 2. The van der Waals surface area contributed by atoms with Gasteiger partial charge in [0.05, 0.1) is 23.0 Å². The van der Waals surface area contributed by atoms with Gasteiger partial charge in [0.1, 0.15) is 0 Å². The Kier molecular flexibility index (Phi) is 3.61. The summed E-state index contributed by atoms with van der Waals surface area (Å²) in [6.45, 7) is 2.76. The fraction of sp³-hybridized carbons (Fsp3) is 0.353. The predicted octanol–water partition coefficient (Wildman–Crippen LogP) is 3.47. The monoisotopic (exact) mass is 326 g/mol. The molecule has 1 fully saturated rings. The van der Waals surface area contributed by atoms with Crippen molar-refractivity contribution in [2.75, 3.05) is 6.54 Å². The van der Waals surface area contributed by atoms with E-state index in [-0.39, 0.29) is 11.9 Å². The van der Waals surface area contributed by atoms with Gasteiger partial charge in [0.25, 0.3) is 5.91 Å². The topological polar surface area (TPSA) is 50.5 Å². The molecule has 3 aromatic heterocycles. The van der Waals surface area contributed by atoms with Gasteiger partial charge in [-0.15, -0.1) is 0 Å². The molecule has 1 aliphatic rings. The van der Waals surface area contributed by atoms with Gasteiger partial charge in [-0.3, -0.25) is 4.79 Å². The van der Waals surface area contributed by atoms with E-state index in [0.717, 1.165) is 48.4 Å². The van der Waals surface area contributed by atoms with Gasteiger partial charge in [-0.05, 0) is 43.7 Å². The lowest BCUT2D eigenvalue weighted by Gasteiger charge is -2.35. The number of hydrogen-bond donors (Lipinski definition) is 0. The summed E-state index contributed by atoms with van der Waals surface area (Å²) in [5.41, 5.74) is 3.53. The van der Waals surface area contributed by atoms with E-state index in [1.807, 2.05) is 47.0 Å². The number of aryl methyl sites for hydroxylation is 1. The maximum absolute atomic E-state index is 12.8. The summed E-state index contributed by atoms with van der Waals surface area (Å²) in [5.74, 6) is 0.113. The number of hydrogen-bond acceptors (Lipinski definition) is 4. The Balaban J connectivity index is 1.69. The molecular weight excluding hydrogens is 308 g/mol. The molecule has 1 unspecified atom stereocenters. The molecule has 1 saturated heterocycles. The maximum atomic E-state index is 12.8. The highest BCUT2D eigenvalue weighted by molar-refractivity contribution is 7.08. The van der Waals surface area contributed by atoms with Gasteiger partial charge in [-0.1, -0.05) is 0 Å². The third kappa shape index (κ3) is 2.63. The van der Waals surface area contributed by atoms with E-state index < -0.39 is 0 Å². The van der Waals surface area contributed by atoms with Crippen LogP contribution in [0.3, 0.4) is 0 Å². The number of amides is 1. The van der Waals surface area contributed by atoms with Crippen molar-refractivity contribution >= 4 is 22.9 Å². The molecule has 5 nitrogen and oxygen atoms in total. The number of aromatic nitrogens is 3. The Morgan fingerprint density at radius 2 is 2.26 bits per heavy atom. The Bertz CT molecular complexity index is 840. The Labute approximate surface area is 138 Å².